The molecule has 1 heterocycles. The van der Waals surface area contributed by atoms with Crippen LogP contribution in [-0.2, 0) is 16.0 Å². The zero-order chi connectivity index (χ0) is 13.5. The fourth-order valence-electron chi connectivity index (χ4n) is 1.31. The van der Waals surface area contributed by atoms with Gasteiger partial charge in [-0.05, 0) is 6.92 Å². The van der Waals surface area contributed by atoms with E-state index in [1.54, 1.807) is 0 Å². The average molecular weight is 270 g/mol. The Hall–Kier alpha value is -1.34. The number of anilines is 1. The van der Waals surface area contributed by atoms with E-state index in [-0.39, 0.29) is 5.97 Å². The van der Waals surface area contributed by atoms with Gasteiger partial charge in [-0.25, -0.2) is 15.8 Å². The zero-order valence-corrected chi connectivity index (χ0v) is 11.6. The predicted octanol–water partition coefficient (Wildman–Crippen LogP) is 1.29. The first-order valence-electron chi connectivity index (χ1n) is 5.66. The summed E-state index contributed by atoms with van der Waals surface area (Å²) < 4.78 is 4.59. The van der Waals surface area contributed by atoms with Crippen LogP contribution < -0.4 is 11.3 Å². The Balaban J connectivity index is 2.77. The van der Waals surface area contributed by atoms with Gasteiger partial charge in [0, 0.05) is 17.7 Å². The molecule has 7 heteroatoms. The molecule has 3 N–H and O–H groups in total. The average Bonchev–Trinajstić information content (AvgIpc) is 2.40. The van der Waals surface area contributed by atoms with Crippen LogP contribution in [0.1, 0.15) is 24.7 Å². The Kier molecular flexibility index (Phi) is 5.87. The summed E-state index contributed by atoms with van der Waals surface area (Å²) in [7, 11) is 1.38. The SMILES string of the molecule is CCc1nc(NN)c(C)c(SCCC(=O)OC)n1. The van der Waals surface area contributed by atoms with Crippen molar-refractivity contribution in [3.05, 3.63) is 11.4 Å². The molecule has 0 unspecified atom stereocenters. The summed E-state index contributed by atoms with van der Waals surface area (Å²) in [5.41, 5.74) is 3.46. The molecule has 100 valence electrons. The van der Waals surface area contributed by atoms with Gasteiger partial charge < -0.3 is 10.2 Å². The lowest BCUT2D eigenvalue weighted by Gasteiger charge is -2.10. The smallest absolute Gasteiger partial charge is 0.306 e. The largest absolute Gasteiger partial charge is 0.469 e. The number of methoxy groups -OCH3 is 1. The first-order valence-corrected chi connectivity index (χ1v) is 6.64. The number of nitrogen functional groups attached to an aromatic ring is 1. The van der Waals surface area contributed by atoms with Gasteiger partial charge >= 0.3 is 5.97 Å². The summed E-state index contributed by atoms with van der Waals surface area (Å²) >= 11 is 1.50. The van der Waals surface area contributed by atoms with Gasteiger partial charge in [0.2, 0.25) is 0 Å². The number of hydrogen-bond acceptors (Lipinski definition) is 7. The van der Waals surface area contributed by atoms with Gasteiger partial charge in [0.05, 0.1) is 13.5 Å². The van der Waals surface area contributed by atoms with Crippen LogP contribution in [0.3, 0.4) is 0 Å². The molecule has 0 radical (unpaired) electrons. The minimum Gasteiger partial charge on any atom is -0.469 e. The van der Waals surface area contributed by atoms with Crippen molar-refractivity contribution in [1.29, 1.82) is 0 Å². The molecule has 0 saturated heterocycles. The second-order valence-corrected chi connectivity index (χ2v) is 4.67. The van der Waals surface area contributed by atoms with Crippen LogP contribution in [-0.4, -0.2) is 28.8 Å². The quantitative estimate of drug-likeness (QED) is 0.264. The van der Waals surface area contributed by atoms with Crippen molar-refractivity contribution in [2.45, 2.75) is 31.7 Å². The Morgan fingerprint density at radius 3 is 2.78 bits per heavy atom. The van der Waals surface area contributed by atoms with Crippen molar-refractivity contribution in [3.63, 3.8) is 0 Å². The Labute approximate surface area is 111 Å². The molecule has 0 aromatic carbocycles. The lowest BCUT2D eigenvalue weighted by atomic mass is 10.3. The van der Waals surface area contributed by atoms with E-state index >= 15 is 0 Å². The van der Waals surface area contributed by atoms with Gasteiger partial charge in [-0.2, -0.15) is 0 Å². The molecular formula is C11H18N4O2S. The minimum atomic E-state index is -0.220. The predicted molar refractivity (Wildman–Crippen MR) is 71.3 cm³/mol. The Morgan fingerprint density at radius 1 is 1.50 bits per heavy atom. The second kappa shape index (κ2) is 7.17. The van der Waals surface area contributed by atoms with Crippen molar-refractivity contribution in [3.8, 4) is 0 Å². The monoisotopic (exact) mass is 270 g/mol. The molecule has 0 aliphatic rings. The lowest BCUT2D eigenvalue weighted by Crippen LogP contribution is -2.13. The fraction of sp³-hybridized carbons (Fsp3) is 0.545. The normalized spacial score (nSPS) is 10.2. The molecular weight excluding hydrogens is 252 g/mol. The maximum absolute atomic E-state index is 11.0. The molecule has 0 fully saturated rings. The van der Waals surface area contributed by atoms with E-state index < -0.39 is 0 Å². The van der Waals surface area contributed by atoms with E-state index in [1.165, 1.54) is 18.9 Å². The number of nitrogens with two attached hydrogens (primary N) is 1. The van der Waals surface area contributed by atoms with Crippen LogP contribution in [0.5, 0.6) is 0 Å². The maximum atomic E-state index is 11.0. The van der Waals surface area contributed by atoms with E-state index in [9.17, 15) is 4.79 Å². The zero-order valence-electron chi connectivity index (χ0n) is 10.8. The molecule has 1 aromatic rings. The summed E-state index contributed by atoms with van der Waals surface area (Å²) in [4.78, 5) is 19.7. The van der Waals surface area contributed by atoms with Gasteiger partial charge in [-0.15, -0.1) is 11.8 Å². The van der Waals surface area contributed by atoms with Gasteiger partial charge in [-0.1, -0.05) is 6.92 Å². The van der Waals surface area contributed by atoms with Crippen molar-refractivity contribution < 1.29 is 9.53 Å². The number of rotatable bonds is 6. The number of carbonyl (C=O) groups is 1. The molecule has 0 spiro atoms. The summed E-state index contributed by atoms with van der Waals surface area (Å²) in [6.07, 6.45) is 1.09. The highest BCUT2D eigenvalue weighted by Crippen LogP contribution is 2.25. The third kappa shape index (κ3) is 3.85. The molecule has 0 atom stereocenters. The third-order valence-electron chi connectivity index (χ3n) is 2.37. The highest BCUT2D eigenvalue weighted by molar-refractivity contribution is 7.99. The number of nitrogens with one attached hydrogen (secondary N) is 1. The number of esters is 1. The number of hydrogen-bond donors (Lipinski definition) is 2. The standard InChI is InChI=1S/C11H18N4O2S/c1-4-8-13-10(15-12)7(2)11(14-8)18-6-5-9(16)17-3/h4-6,12H2,1-3H3,(H,13,14,15). The molecule has 0 saturated carbocycles. The van der Waals surface area contributed by atoms with Gasteiger partial charge in [0.15, 0.2) is 0 Å². The van der Waals surface area contributed by atoms with Crippen molar-refractivity contribution in [1.82, 2.24) is 9.97 Å². The van der Waals surface area contributed by atoms with Crippen molar-refractivity contribution in [2.75, 3.05) is 18.3 Å². The number of aromatic nitrogens is 2. The van der Waals surface area contributed by atoms with Crippen molar-refractivity contribution in [2.24, 2.45) is 5.84 Å². The highest BCUT2D eigenvalue weighted by Gasteiger charge is 2.10. The number of nitrogens with zero attached hydrogens (tertiary/aromatic N) is 2. The number of aryl methyl sites for hydroxylation is 1. The van der Waals surface area contributed by atoms with E-state index in [1.807, 2.05) is 13.8 Å². The Bertz CT molecular complexity index is 426. The number of carbonyl (C=O) groups excluding carboxylic acids is 1. The molecule has 0 amide bonds. The van der Waals surface area contributed by atoms with Crippen molar-refractivity contribution >= 4 is 23.5 Å². The van der Waals surface area contributed by atoms with E-state index in [0.29, 0.717) is 18.0 Å². The number of ether oxygens (including phenoxy) is 1. The first kappa shape index (κ1) is 14.7. The first-order chi connectivity index (χ1) is 8.62. The van der Waals surface area contributed by atoms with Crippen LogP contribution in [0.2, 0.25) is 0 Å². The van der Waals surface area contributed by atoms with Gasteiger partial charge in [0.1, 0.15) is 16.7 Å². The molecule has 0 bridgehead atoms. The summed E-state index contributed by atoms with van der Waals surface area (Å²) in [6.45, 7) is 3.88. The van der Waals surface area contributed by atoms with Crippen LogP contribution in [0, 0.1) is 6.92 Å². The molecule has 0 aliphatic heterocycles. The lowest BCUT2D eigenvalue weighted by molar-refractivity contribution is -0.140. The topological polar surface area (TPSA) is 90.1 Å². The molecule has 0 aliphatic carbocycles. The van der Waals surface area contributed by atoms with E-state index in [4.69, 9.17) is 5.84 Å². The summed E-state index contributed by atoms with van der Waals surface area (Å²) in [6, 6.07) is 0. The van der Waals surface area contributed by atoms with Gasteiger partial charge in [-0.3, -0.25) is 4.79 Å². The molecule has 18 heavy (non-hydrogen) atoms. The van der Waals surface area contributed by atoms with Crippen LogP contribution >= 0.6 is 11.8 Å². The third-order valence-corrected chi connectivity index (χ3v) is 3.45. The van der Waals surface area contributed by atoms with Gasteiger partial charge in [0.25, 0.3) is 0 Å². The van der Waals surface area contributed by atoms with Crippen LogP contribution in [0.15, 0.2) is 5.03 Å². The second-order valence-electron chi connectivity index (χ2n) is 3.59. The van der Waals surface area contributed by atoms with E-state index in [0.717, 1.165) is 22.8 Å². The molecule has 1 aromatic heterocycles. The van der Waals surface area contributed by atoms with E-state index in [2.05, 4.69) is 20.1 Å². The molecule has 1 rings (SSSR count). The van der Waals surface area contributed by atoms with Crippen LogP contribution in [0.4, 0.5) is 5.82 Å². The summed E-state index contributed by atoms with van der Waals surface area (Å²) in [5.74, 6) is 7.18. The number of thioether (sulfide) groups is 1. The molecule has 6 nitrogen and oxygen atoms in total. The fourth-order valence-corrected chi connectivity index (χ4v) is 2.26. The highest BCUT2D eigenvalue weighted by atomic mass is 32.2. The summed E-state index contributed by atoms with van der Waals surface area (Å²) in [5, 5.41) is 0.846. The number of hydrazine groups is 1. The Morgan fingerprint density at radius 2 is 2.22 bits per heavy atom. The van der Waals surface area contributed by atoms with Crippen LogP contribution in [0.25, 0.3) is 0 Å². The maximum Gasteiger partial charge on any atom is 0.306 e. The minimum absolute atomic E-state index is 0.220.